The largest absolute Gasteiger partial charge is 0.497 e. The Labute approximate surface area is 118 Å². The van der Waals surface area contributed by atoms with Gasteiger partial charge in [-0.25, -0.2) is 4.79 Å². The second-order valence-electron chi connectivity index (χ2n) is 4.99. The summed E-state index contributed by atoms with van der Waals surface area (Å²) < 4.78 is 5.18. The fraction of sp³-hybridized carbons (Fsp3) is 0.235. The number of aromatic carboxylic acids is 1. The molecular formula is C17H18O3. The molecule has 0 atom stereocenters. The minimum Gasteiger partial charge on any atom is -0.497 e. The lowest BCUT2D eigenvalue weighted by molar-refractivity contribution is 0.0697. The molecular weight excluding hydrogens is 252 g/mol. The summed E-state index contributed by atoms with van der Waals surface area (Å²) in [5, 5.41) is 9.29. The Balaban J connectivity index is 2.52. The molecule has 3 heteroatoms. The molecule has 3 nitrogen and oxygen atoms in total. The minimum atomic E-state index is -0.935. The molecule has 0 aliphatic carbocycles. The van der Waals surface area contributed by atoms with Crippen LogP contribution in [0.5, 0.6) is 5.75 Å². The zero-order valence-electron chi connectivity index (χ0n) is 11.9. The smallest absolute Gasteiger partial charge is 0.336 e. The number of rotatable bonds is 4. The average Bonchev–Trinajstić information content (AvgIpc) is 2.46. The van der Waals surface area contributed by atoms with Crippen LogP contribution in [-0.4, -0.2) is 18.2 Å². The van der Waals surface area contributed by atoms with Gasteiger partial charge in [0.15, 0.2) is 0 Å². The third-order valence-corrected chi connectivity index (χ3v) is 3.35. The molecule has 0 saturated carbocycles. The first-order valence-electron chi connectivity index (χ1n) is 6.54. The standard InChI is InChI=1S/C17H18O3/c1-11(2)12-4-6-13(7-5-12)16-10-14(20-3)8-9-15(16)17(18)19/h4-11H,1-3H3,(H,18,19). The molecule has 0 amide bonds. The lowest BCUT2D eigenvalue weighted by Gasteiger charge is -2.11. The summed E-state index contributed by atoms with van der Waals surface area (Å²) in [5.74, 6) is 0.168. The zero-order chi connectivity index (χ0) is 14.7. The monoisotopic (exact) mass is 270 g/mol. The van der Waals surface area contributed by atoms with E-state index in [0.29, 0.717) is 17.2 Å². The van der Waals surface area contributed by atoms with Crippen LogP contribution in [0.1, 0.15) is 35.7 Å². The van der Waals surface area contributed by atoms with E-state index in [4.69, 9.17) is 4.74 Å². The highest BCUT2D eigenvalue weighted by atomic mass is 16.5. The molecule has 1 N–H and O–H groups in total. The highest BCUT2D eigenvalue weighted by Gasteiger charge is 2.13. The molecule has 0 radical (unpaired) electrons. The van der Waals surface area contributed by atoms with Crippen molar-refractivity contribution in [3.63, 3.8) is 0 Å². The summed E-state index contributed by atoms with van der Waals surface area (Å²) in [4.78, 5) is 11.3. The van der Waals surface area contributed by atoms with Gasteiger partial charge < -0.3 is 9.84 Å². The Morgan fingerprint density at radius 3 is 2.25 bits per heavy atom. The molecule has 2 aromatic carbocycles. The summed E-state index contributed by atoms with van der Waals surface area (Å²) in [5.41, 5.74) is 3.06. The van der Waals surface area contributed by atoms with E-state index in [1.807, 2.05) is 24.3 Å². The molecule has 2 aromatic rings. The van der Waals surface area contributed by atoms with Crippen molar-refractivity contribution in [2.24, 2.45) is 0 Å². The van der Waals surface area contributed by atoms with Gasteiger partial charge in [-0.15, -0.1) is 0 Å². The van der Waals surface area contributed by atoms with Gasteiger partial charge in [0.05, 0.1) is 12.7 Å². The quantitative estimate of drug-likeness (QED) is 0.906. The van der Waals surface area contributed by atoms with Crippen LogP contribution in [0.2, 0.25) is 0 Å². The van der Waals surface area contributed by atoms with Crippen molar-refractivity contribution in [3.05, 3.63) is 53.6 Å². The molecule has 104 valence electrons. The first kappa shape index (κ1) is 14.1. The molecule has 0 bridgehead atoms. The van der Waals surface area contributed by atoms with Crippen LogP contribution < -0.4 is 4.74 Å². The fourth-order valence-corrected chi connectivity index (χ4v) is 2.12. The van der Waals surface area contributed by atoms with Crippen molar-refractivity contribution in [2.45, 2.75) is 19.8 Å². The summed E-state index contributed by atoms with van der Waals surface area (Å²) in [6.45, 7) is 4.26. The van der Waals surface area contributed by atoms with Crippen LogP contribution in [0.15, 0.2) is 42.5 Å². The van der Waals surface area contributed by atoms with E-state index >= 15 is 0 Å². The van der Waals surface area contributed by atoms with Gasteiger partial charge in [-0.2, -0.15) is 0 Å². The maximum atomic E-state index is 11.3. The summed E-state index contributed by atoms with van der Waals surface area (Å²) in [6, 6.07) is 13.0. The molecule has 2 rings (SSSR count). The molecule has 0 spiro atoms. The van der Waals surface area contributed by atoms with Crippen LogP contribution in [-0.2, 0) is 0 Å². The van der Waals surface area contributed by atoms with Crippen LogP contribution in [0, 0.1) is 0 Å². The Morgan fingerprint density at radius 1 is 1.10 bits per heavy atom. The SMILES string of the molecule is COc1ccc(C(=O)O)c(-c2ccc(C(C)C)cc2)c1. The van der Waals surface area contributed by atoms with E-state index < -0.39 is 5.97 Å². The third kappa shape index (κ3) is 2.82. The maximum absolute atomic E-state index is 11.3. The number of methoxy groups -OCH3 is 1. The number of hydrogen-bond acceptors (Lipinski definition) is 2. The molecule has 0 heterocycles. The van der Waals surface area contributed by atoms with Gasteiger partial charge in [0, 0.05) is 0 Å². The van der Waals surface area contributed by atoms with Gasteiger partial charge in [-0.3, -0.25) is 0 Å². The first-order chi connectivity index (χ1) is 9.52. The van der Waals surface area contributed by atoms with Crippen LogP contribution in [0.4, 0.5) is 0 Å². The van der Waals surface area contributed by atoms with Crippen molar-refractivity contribution in [2.75, 3.05) is 7.11 Å². The van der Waals surface area contributed by atoms with Crippen molar-refractivity contribution in [1.29, 1.82) is 0 Å². The summed E-state index contributed by atoms with van der Waals surface area (Å²) >= 11 is 0. The number of carbonyl (C=O) groups is 1. The molecule has 0 aliphatic rings. The van der Waals surface area contributed by atoms with E-state index in [-0.39, 0.29) is 5.56 Å². The molecule has 20 heavy (non-hydrogen) atoms. The van der Waals surface area contributed by atoms with Crippen molar-refractivity contribution in [1.82, 2.24) is 0 Å². The molecule has 0 fully saturated rings. The topological polar surface area (TPSA) is 46.5 Å². The van der Waals surface area contributed by atoms with Gasteiger partial charge in [-0.05, 0) is 40.8 Å². The van der Waals surface area contributed by atoms with Crippen LogP contribution in [0.25, 0.3) is 11.1 Å². The number of carboxylic acid groups (broad SMARTS) is 1. The predicted octanol–water partition coefficient (Wildman–Crippen LogP) is 4.18. The fourth-order valence-electron chi connectivity index (χ4n) is 2.12. The van der Waals surface area contributed by atoms with Gasteiger partial charge in [0.2, 0.25) is 0 Å². The number of carboxylic acids is 1. The van der Waals surface area contributed by atoms with E-state index in [1.54, 1.807) is 25.3 Å². The Morgan fingerprint density at radius 2 is 1.75 bits per heavy atom. The average molecular weight is 270 g/mol. The zero-order valence-corrected chi connectivity index (χ0v) is 11.9. The normalized spacial score (nSPS) is 10.6. The van der Waals surface area contributed by atoms with E-state index in [1.165, 1.54) is 5.56 Å². The lowest BCUT2D eigenvalue weighted by atomic mass is 9.96. The van der Waals surface area contributed by atoms with Crippen molar-refractivity contribution < 1.29 is 14.6 Å². The van der Waals surface area contributed by atoms with Gasteiger partial charge >= 0.3 is 5.97 Å². The molecule has 0 unspecified atom stereocenters. The Hall–Kier alpha value is -2.29. The Bertz CT molecular complexity index is 613. The van der Waals surface area contributed by atoms with Gasteiger partial charge in [0.1, 0.15) is 5.75 Å². The molecule has 0 aliphatic heterocycles. The number of ether oxygens (including phenoxy) is 1. The van der Waals surface area contributed by atoms with Crippen LogP contribution >= 0.6 is 0 Å². The summed E-state index contributed by atoms with van der Waals surface area (Å²) in [7, 11) is 1.57. The predicted molar refractivity (Wildman–Crippen MR) is 79.5 cm³/mol. The van der Waals surface area contributed by atoms with Gasteiger partial charge in [-0.1, -0.05) is 38.1 Å². The lowest BCUT2D eigenvalue weighted by Crippen LogP contribution is -2.00. The van der Waals surface area contributed by atoms with Gasteiger partial charge in [0.25, 0.3) is 0 Å². The summed E-state index contributed by atoms with van der Waals surface area (Å²) in [6.07, 6.45) is 0. The van der Waals surface area contributed by atoms with E-state index in [9.17, 15) is 9.90 Å². The van der Waals surface area contributed by atoms with Crippen LogP contribution in [0.3, 0.4) is 0 Å². The van der Waals surface area contributed by atoms with E-state index in [0.717, 1.165) is 5.56 Å². The second kappa shape index (κ2) is 5.78. The first-order valence-corrected chi connectivity index (χ1v) is 6.54. The number of hydrogen-bond donors (Lipinski definition) is 1. The highest BCUT2D eigenvalue weighted by molar-refractivity contribution is 5.96. The Kier molecular flexibility index (Phi) is 4.08. The molecule has 0 saturated heterocycles. The third-order valence-electron chi connectivity index (χ3n) is 3.35. The van der Waals surface area contributed by atoms with Crippen molar-refractivity contribution in [3.8, 4) is 16.9 Å². The number of benzene rings is 2. The maximum Gasteiger partial charge on any atom is 0.336 e. The molecule has 0 aromatic heterocycles. The second-order valence-corrected chi connectivity index (χ2v) is 4.99. The minimum absolute atomic E-state index is 0.281. The van der Waals surface area contributed by atoms with Crippen molar-refractivity contribution >= 4 is 5.97 Å². The highest BCUT2D eigenvalue weighted by Crippen LogP contribution is 2.29. The van der Waals surface area contributed by atoms with E-state index in [2.05, 4.69) is 13.8 Å².